The number of thioether (sulfide) groups is 1. The van der Waals surface area contributed by atoms with E-state index >= 15 is 0 Å². The second-order valence-corrected chi connectivity index (χ2v) is 9.60. The van der Waals surface area contributed by atoms with Gasteiger partial charge in [0.05, 0.1) is 10.9 Å². The highest BCUT2D eigenvalue weighted by Gasteiger charge is 2.42. The average Bonchev–Trinajstić information content (AvgIpc) is 3.09. The van der Waals surface area contributed by atoms with Crippen LogP contribution in [0.25, 0.3) is 0 Å². The number of nitrogens with one attached hydrogen (secondary N) is 1. The summed E-state index contributed by atoms with van der Waals surface area (Å²) < 4.78 is 13.1. The monoisotopic (exact) mass is 452 g/mol. The van der Waals surface area contributed by atoms with E-state index in [-0.39, 0.29) is 17.6 Å². The number of fused-ring (bicyclic) bond motifs is 3. The third kappa shape index (κ3) is 4.60. The van der Waals surface area contributed by atoms with Gasteiger partial charge in [0.1, 0.15) is 17.7 Å². The molecule has 6 nitrogen and oxygen atoms in total. The van der Waals surface area contributed by atoms with Crippen molar-refractivity contribution in [3.63, 3.8) is 0 Å². The van der Waals surface area contributed by atoms with E-state index in [1.54, 1.807) is 24.0 Å². The van der Waals surface area contributed by atoms with Crippen LogP contribution < -0.4 is 5.32 Å². The van der Waals surface area contributed by atoms with Crippen molar-refractivity contribution in [3.05, 3.63) is 65.5 Å². The van der Waals surface area contributed by atoms with Crippen molar-refractivity contribution in [1.82, 2.24) is 10.2 Å². The molecule has 0 radical (unpaired) electrons. The Bertz CT molecular complexity index is 1100. The van der Waals surface area contributed by atoms with Crippen LogP contribution in [0.2, 0.25) is 0 Å². The van der Waals surface area contributed by atoms with Gasteiger partial charge in [0, 0.05) is 12.1 Å². The number of amidine groups is 2. The maximum atomic E-state index is 13.2. The fourth-order valence-corrected chi connectivity index (χ4v) is 4.57. The first kappa shape index (κ1) is 22.2. The molecule has 2 amide bonds. The molecule has 0 unspecified atom stereocenters. The molecule has 0 saturated heterocycles. The van der Waals surface area contributed by atoms with Gasteiger partial charge in [-0.2, -0.15) is 0 Å². The van der Waals surface area contributed by atoms with Crippen molar-refractivity contribution in [1.29, 1.82) is 0 Å². The standard InChI is InChI=1S/C24H25FN4O2S/c1-14(2)12-20-23(31)29-21(27-20)18-6-4-5-7-19(18)28-24(29)32-15(3)22(30)26-13-16-8-10-17(25)11-9-16/h4-11,14-15,20H,12-13H2,1-3H3,(H,26,30)/t15-,20-/m1/s1. The van der Waals surface area contributed by atoms with Gasteiger partial charge in [0.15, 0.2) is 5.17 Å². The summed E-state index contributed by atoms with van der Waals surface area (Å²) in [5, 5.41) is 2.83. The van der Waals surface area contributed by atoms with Crippen LogP contribution in [-0.2, 0) is 16.1 Å². The number of carbonyl (C=O) groups excluding carboxylic acids is 2. The third-order valence-electron chi connectivity index (χ3n) is 5.27. The van der Waals surface area contributed by atoms with E-state index < -0.39 is 11.3 Å². The lowest BCUT2D eigenvalue weighted by atomic mass is 10.0. The summed E-state index contributed by atoms with van der Waals surface area (Å²) in [6.07, 6.45) is 0.659. The molecular formula is C24H25FN4O2S. The van der Waals surface area contributed by atoms with Crippen LogP contribution in [0.15, 0.2) is 58.5 Å². The maximum absolute atomic E-state index is 13.2. The molecule has 8 heteroatoms. The molecule has 0 aliphatic carbocycles. The predicted octanol–water partition coefficient (Wildman–Crippen LogP) is 4.27. The normalized spacial score (nSPS) is 18.1. The SMILES string of the molecule is CC(C)C[C@H]1N=C2c3ccccc3N=C(S[C@H](C)C(=O)NCc3ccc(F)cc3)N2C1=O. The zero-order valence-electron chi connectivity index (χ0n) is 18.2. The van der Waals surface area contributed by atoms with Crippen LogP contribution in [0, 0.1) is 11.7 Å². The van der Waals surface area contributed by atoms with Gasteiger partial charge in [0.2, 0.25) is 5.91 Å². The first-order chi connectivity index (χ1) is 15.3. The van der Waals surface area contributed by atoms with Gasteiger partial charge in [0.25, 0.3) is 5.91 Å². The van der Waals surface area contributed by atoms with Gasteiger partial charge in [-0.05, 0) is 49.1 Å². The van der Waals surface area contributed by atoms with Crippen LogP contribution in [0.3, 0.4) is 0 Å². The topological polar surface area (TPSA) is 74.1 Å². The molecule has 4 rings (SSSR count). The van der Waals surface area contributed by atoms with Gasteiger partial charge in [-0.3, -0.25) is 14.6 Å². The molecule has 32 heavy (non-hydrogen) atoms. The molecule has 2 atom stereocenters. The Morgan fingerprint density at radius 1 is 1.16 bits per heavy atom. The molecule has 1 N–H and O–H groups in total. The Hall–Kier alpha value is -3.00. The first-order valence-corrected chi connectivity index (χ1v) is 11.5. The van der Waals surface area contributed by atoms with Crippen LogP contribution in [-0.4, -0.2) is 39.0 Å². The summed E-state index contributed by atoms with van der Waals surface area (Å²) in [7, 11) is 0. The van der Waals surface area contributed by atoms with Crippen LogP contribution in [0.1, 0.15) is 38.3 Å². The van der Waals surface area contributed by atoms with Gasteiger partial charge in [-0.1, -0.05) is 49.9 Å². The molecular weight excluding hydrogens is 427 g/mol. The van der Waals surface area contributed by atoms with E-state index in [4.69, 9.17) is 4.99 Å². The maximum Gasteiger partial charge on any atom is 0.259 e. The van der Waals surface area contributed by atoms with E-state index in [9.17, 15) is 14.0 Å². The molecule has 0 bridgehead atoms. The minimum atomic E-state index is -0.488. The van der Waals surface area contributed by atoms with Gasteiger partial charge >= 0.3 is 0 Å². The zero-order valence-corrected chi connectivity index (χ0v) is 19.0. The summed E-state index contributed by atoms with van der Waals surface area (Å²) in [5.41, 5.74) is 2.37. The highest BCUT2D eigenvalue weighted by atomic mass is 32.2. The largest absolute Gasteiger partial charge is 0.351 e. The van der Waals surface area contributed by atoms with E-state index in [1.165, 1.54) is 23.9 Å². The second kappa shape index (κ2) is 9.24. The minimum Gasteiger partial charge on any atom is -0.351 e. The molecule has 2 heterocycles. The molecule has 2 aliphatic heterocycles. The van der Waals surface area contributed by atoms with Crippen molar-refractivity contribution in [2.75, 3.05) is 0 Å². The zero-order chi connectivity index (χ0) is 22.8. The van der Waals surface area contributed by atoms with E-state index in [1.807, 2.05) is 24.3 Å². The number of halogens is 1. The fourth-order valence-electron chi connectivity index (χ4n) is 3.63. The first-order valence-electron chi connectivity index (χ1n) is 10.6. The third-order valence-corrected chi connectivity index (χ3v) is 6.33. The number of hydrogen-bond acceptors (Lipinski definition) is 5. The lowest BCUT2D eigenvalue weighted by molar-refractivity contribution is -0.125. The summed E-state index contributed by atoms with van der Waals surface area (Å²) >= 11 is 1.23. The number of carbonyl (C=O) groups is 2. The average molecular weight is 453 g/mol. The quantitative estimate of drug-likeness (QED) is 0.711. The lowest BCUT2D eigenvalue weighted by Gasteiger charge is -2.27. The molecule has 2 aromatic carbocycles. The van der Waals surface area contributed by atoms with Gasteiger partial charge in [-0.25, -0.2) is 14.3 Å². The second-order valence-electron chi connectivity index (χ2n) is 8.29. The number of amides is 2. The number of hydrogen-bond donors (Lipinski definition) is 1. The van der Waals surface area contributed by atoms with E-state index in [2.05, 4.69) is 24.2 Å². The molecule has 0 saturated carbocycles. The van der Waals surface area contributed by atoms with Crippen molar-refractivity contribution in [3.8, 4) is 0 Å². The number of rotatable bonds is 6. The summed E-state index contributed by atoms with van der Waals surface area (Å²) in [6.45, 7) is 6.20. The Morgan fingerprint density at radius 3 is 2.59 bits per heavy atom. The number of benzene rings is 2. The Balaban J connectivity index is 1.51. The molecule has 166 valence electrons. The summed E-state index contributed by atoms with van der Waals surface area (Å²) in [5.74, 6) is 0.322. The summed E-state index contributed by atoms with van der Waals surface area (Å²) in [4.78, 5) is 36.8. The Labute approximate surface area is 191 Å². The number of para-hydroxylation sites is 1. The number of nitrogens with zero attached hydrogens (tertiary/aromatic N) is 3. The predicted molar refractivity (Wildman–Crippen MR) is 125 cm³/mol. The highest BCUT2D eigenvalue weighted by molar-refractivity contribution is 8.15. The van der Waals surface area contributed by atoms with Crippen LogP contribution in [0.5, 0.6) is 0 Å². The van der Waals surface area contributed by atoms with Crippen molar-refractivity contribution >= 4 is 40.3 Å². The Morgan fingerprint density at radius 2 is 1.88 bits per heavy atom. The van der Waals surface area contributed by atoms with E-state index in [0.29, 0.717) is 29.9 Å². The molecule has 0 fully saturated rings. The van der Waals surface area contributed by atoms with Crippen LogP contribution in [0.4, 0.5) is 10.1 Å². The van der Waals surface area contributed by atoms with Crippen LogP contribution >= 0.6 is 11.8 Å². The molecule has 0 spiro atoms. The summed E-state index contributed by atoms with van der Waals surface area (Å²) in [6, 6.07) is 13.1. The van der Waals surface area contributed by atoms with Crippen molar-refractivity contribution < 1.29 is 14.0 Å². The smallest absolute Gasteiger partial charge is 0.259 e. The van der Waals surface area contributed by atoms with E-state index in [0.717, 1.165) is 16.8 Å². The van der Waals surface area contributed by atoms with Crippen molar-refractivity contribution in [2.24, 2.45) is 15.9 Å². The molecule has 0 aromatic heterocycles. The van der Waals surface area contributed by atoms with Crippen molar-refractivity contribution in [2.45, 2.75) is 45.0 Å². The van der Waals surface area contributed by atoms with Gasteiger partial charge in [-0.15, -0.1) is 0 Å². The fraction of sp³-hybridized carbons (Fsp3) is 0.333. The highest BCUT2D eigenvalue weighted by Crippen LogP contribution is 2.35. The molecule has 2 aromatic rings. The molecule has 2 aliphatic rings. The van der Waals surface area contributed by atoms with Gasteiger partial charge < -0.3 is 5.32 Å². The number of aliphatic imine (C=N–C) groups is 2. The lowest BCUT2D eigenvalue weighted by Crippen LogP contribution is -2.43. The Kier molecular flexibility index (Phi) is 6.41. The minimum absolute atomic E-state index is 0.103.